The Morgan fingerprint density at radius 1 is 0.800 bits per heavy atom. The fourth-order valence-corrected chi connectivity index (χ4v) is 4.62. The summed E-state index contributed by atoms with van der Waals surface area (Å²) in [4.78, 5) is 25.0. The van der Waals surface area contributed by atoms with E-state index in [2.05, 4.69) is 19.8 Å². The Labute approximate surface area is 204 Å². The summed E-state index contributed by atoms with van der Waals surface area (Å²) in [6, 6.07) is 34.1. The predicted octanol–water partition coefficient (Wildman–Crippen LogP) is 7.67. The van der Waals surface area contributed by atoms with Gasteiger partial charge >= 0.3 is 6.09 Å². The van der Waals surface area contributed by atoms with Crippen molar-refractivity contribution in [1.82, 2.24) is 0 Å². The Bertz CT molecular complexity index is 1520. The highest BCUT2D eigenvalue weighted by atomic mass is 31.0. The topological polar surface area (TPSA) is 71.0 Å². The molecule has 0 aliphatic heterocycles. The molecule has 2 unspecified atom stereocenters. The molecule has 0 heterocycles. The molecule has 0 saturated heterocycles. The summed E-state index contributed by atoms with van der Waals surface area (Å²) in [6.45, 7) is 0. The summed E-state index contributed by atoms with van der Waals surface area (Å²) >= 11 is 0. The SMILES string of the molecule is O=NN(c1cc2ccccc2cc1OC(=O)Nc1ccccc1)C(P)c1cccc2ccccc12. The second-order valence-corrected chi connectivity index (χ2v) is 8.62. The van der Waals surface area contributed by atoms with Gasteiger partial charge in [0.05, 0.1) is 11.1 Å². The molecule has 6 nitrogen and oxygen atoms in total. The van der Waals surface area contributed by atoms with Crippen LogP contribution in [0.5, 0.6) is 5.75 Å². The quantitative estimate of drug-likeness (QED) is 0.154. The summed E-state index contributed by atoms with van der Waals surface area (Å²) in [5.74, 6) is -0.274. The monoisotopic (exact) mass is 479 g/mol. The minimum atomic E-state index is -0.663. The molecule has 0 aromatic heterocycles. The number of anilines is 2. The maximum atomic E-state index is 12.7. The van der Waals surface area contributed by atoms with Crippen molar-refractivity contribution >= 4 is 48.3 Å². The van der Waals surface area contributed by atoms with Gasteiger partial charge in [0.2, 0.25) is 0 Å². The molecule has 0 saturated carbocycles. The molecule has 0 spiro atoms. The number of amides is 1. The number of nitrogens with one attached hydrogen (secondary N) is 1. The van der Waals surface area contributed by atoms with E-state index in [1.807, 2.05) is 91.0 Å². The van der Waals surface area contributed by atoms with E-state index in [1.54, 1.807) is 18.2 Å². The lowest BCUT2D eigenvalue weighted by Crippen LogP contribution is -2.22. The molecule has 0 fully saturated rings. The van der Waals surface area contributed by atoms with Gasteiger partial charge in [-0.15, -0.1) is 14.1 Å². The highest BCUT2D eigenvalue weighted by molar-refractivity contribution is 7.17. The van der Waals surface area contributed by atoms with Crippen molar-refractivity contribution in [2.24, 2.45) is 5.29 Å². The van der Waals surface area contributed by atoms with Crippen LogP contribution in [0.15, 0.2) is 114 Å². The Kier molecular flexibility index (Phi) is 6.38. The molecule has 35 heavy (non-hydrogen) atoms. The highest BCUT2D eigenvalue weighted by Crippen LogP contribution is 2.42. The first kappa shape index (κ1) is 22.5. The summed E-state index contributed by atoms with van der Waals surface area (Å²) < 4.78 is 5.71. The van der Waals surface area contributed by atoms with Crippen molar-refractivity contribution in [3.63, 3.8) is 0 Å². The first-order chi connectivity index (χ1) is 17.1. The average Bonchev–Trinajstić information content (AvgIpc) is 2.89. The first-order valence-electron chi connectivity index (χ1n) is 11.1. The van der Waals surface area contributed by atoms with Gasteiger partial charge in [0.15, 0.2) is 5.75 Å². The van der Waals surface area contributed by atoms with E-state index in [4.69, 9.17) is 4.74 Å². The van der Waals surface area contributed by atoms with E-state index in [-0.39, 0.29) is 5.75 Å². The highest BCUT2D eigenvalue weighted by Gasteiger charge is 2.24. The molecule has 7 heteroatoms. The van der Waals surface area contributed by atoms with Crippen molar-refractivity contribution in [2.75, 3.05) is 10.3 Å². The van der Waals surface area contributed by atoms with Crippen LogP contribution in [0.4, 0.5) is 16.2 Å². The minimum Gasteiger partial charge on any atom is -0.408 e. The van der Waals surface area contributed by atoms with Crippen LogP contribution in [0, 0.1) is 4.91 Å². The van der Waals surface area contributed by atoms with Gasteiger partial charge in [-0.05, 0) is 51.4 Å². The third-order valence-corrected chi connectivity index (χ3v) is 6.43. The molecule has 5 aromatic rings. The van der Waals surface area contributed by atoms with Crippen LogP contribution in [-0.4, -0.2) is 6.09 Å². The first-order valence-corrected chi connectivity index (χ1v) is 11.7. The van der Waals surface area contributed by atoms with Crippen LogP contribution in [0.1, 0.15) is 11.3 Å². The van der Waals surface area contributed by atoms with Crippen molar-refractivity contribution in [3.05, 3.63) is 120 Å². The van der Waals surface area contributed by atoms with Gasteiger partial charge in [-0.2, -0.15) is 0 Å². The lowest BCUT2D eigenvalue weighted by molar-refractivity contribution is 0.215. The van der Waals surface area contributed by atoms with E-state index in [1.165, 1.54) is 5.01 Å². The number of carbonyl (C=O) groups excluding carboxylic acids is 1. The van der Waals surface area contributed by atoms with E-state index < -0.39 is 11.9 Å². The normalized spacial score (nSPS) is 11.7. The zero-order valence-corrected chi connectivity index (χ0v) is 19.8. The molecule has 5 rings (SSSR count). The van der Waals surface area contributed by atoms with Crippen molar-refractivity contribution in [3.8, 4) is 5.75 Å². The number of nitrogens with zero attached hydrogens (tertiary/aromatic N) is 2. The molecule has 2 atom stereocenters. The molecule has 0 aliphatic rings. The minimum absolute atomic E-state index is 0.226. The lowest BCUT2D eigenvalue weighted by atomic mass is 10.0. The van der Waals surface area contributed by atoms with Gasteiger partial charge in [-0.1, -0.05) is 84.9 Å². The van der Waals surface area contributed by atoms with E-state index >= 15 is 0 Å². The summed E-state index contributed by atoms with van der Waals surface area (Å²) in [7, 11) is 2.69. The van der Waals surface area contributed by atoms with Crippen LogP contribution in [-0.2, 0) is 0 Å². The van der Waals surface area contributed by atoms with Crippen LogP contribution >= 0.6 is 9.24 Å². The van der Waals surface area contributed by atoms with Crippen molar-refractivity contribution in [1.29, 1.82) is 0 Å². The second kappa shape index (κ2) is 9.92. The number of ether oxygens (including phenoxy) is 1. The number of para-hydroxylation sites is 1. The van der Waals surface area contributed by atoms with Crippen LogP contribution in [0.25, 0.3) is 21.5 Å². The second-order valence-electron chi connectivity index (χ2n) is 7.99. The van der Waals surface area contributed by atoms with E-state index in [0.29, 0.717) is 11.4 Å². The molecule has 0 aliphatic carbocycles. The number of rotatable bonds is 6. The molecular weight excluding hydrogens is 457 g/mol. The molecule has 5 aromatic carbocycles. The van der Waals surface area contributed by atoms with Gasteiger partial charge in [-0.25, -0.2) is 9.80 Å². The standard InChI is InChI=1S/C28H22N3O3P/c32-28(29-22-13-2-1-3-14-22)34-26-18-21-11-5-4-10-20(21)17-25(26)31(30-33)27(35)24-16-8-12-19-9-6-7-15-23(19)24/h1-18,27H,35H2,(H,29,32). The number of fused-ring (bicyclic) bond motifs is 2. The smallest absolute Gasteiger partial charge is 0.408 e. The molecule has 0 radical (unpaired) electrons. The van der Waals surface area contributed by atoms with Gasteiger partial charge in [0, 0.05) is 5.69 Å². The summed E-state index contributed by atoms with van der Waals surface area (Å²) in [6.07, 6.45) is -0.663. The Morgan fingerprint density at radius 3 is 2.17 bits per heavy atom. The van der Waals surface area contributed by atoms with Gasteiger partial charge in [0.25, 0.3) is 0 Å². The number of carbonyl (C=O) groups is 1. The molecule has 0 bridgehead atoms. The fourth-order valence-electron chi connectivity index (χ4n) is 4.12. The Balaban J connectivity index is 1.56. The summed E-state index contributed by atoms with van der Waals surface area (Å²) in [5.41, 5.74) is 1.89. The van der Waals surface area contributed by atoms with E-state index in [9.17, 15) is 9.70 Å². The van der Waals surface area contributed by atoms with Crippen LogP contribution < -0.4 is 15.1 Å². The average molecular weight is 479 g/mol. The number of hydrogen-bond donors (Lipinski definition) is 1. The predicted molar refractivity (Wildman–Crippen MR) is 145 cm³/mol. The van der Waals surface area contributed by atoms with Crippen molar-refractivity contribution < 1.29 is 9.53 Å². The van der Waals surface area contributed by atoms with Crippen LogP contribution in [0.3, 0.4) is 0 Å². The maximum Gasteiger partial charge on any atom is 0.417 e. The number of hydrogen-bond acceptors (Lipinski definition) is 4. The van der Waals surface area contributed by atoms with Crippen LogP contribution in [0.2, 0.25) is 0 Å². The Hall–Kier alpha value is -4.28. The largest absolute Gasteiger partial charge is 0.417 e. The zero-order valence-electron chi connectivity index (χ0n) is 18.7. The molecule has 1 amide bonds. The van der Waals surface area contributed by atoms with Gasteiger partial charge < -0.3 is 4.74 Å². The van der Waals surface area contributed by atoms with Crippen molar-refractivity contribution in [2.45, 2.75) is 5.78 Å². The fraction of sp³-hybridized carbons (Fsp3) is 0.0357. The lowest BCUT2D eigenvalue weighted by Gasteiger charge is -2.26. The Morgan fingerprint density at radius 2 is 1.43 bits per heavy atom. The number of benzene rings is 5. The molecule has 1 N–H and O–H groups in total. The van der Waals surface area contributed by atoms with Gasteiger partial charge in [0.1, 0.15) is 5.69 Å². The third-order valence-electron chi connectivity index (χ3n) is 5.79. The number of nitroso groups, excluding NO2 is 1. The maximum absolute atomic E-state index is 12.7. The third kappa shape index (κ3) is 4.70. The molecular formula is C28H22N3O3P. The zero-order chi connectivity index (χ0) is 24.2. The molecule has 172 valence electrons. The van der Waals surface area contributed by atoms with Gasteiger partial charge in [-0.3, -0.25) is 5.32 Å². The van der Waals surface area contributed by atoms with E-state index in [0.717, 1.165) is 27.1 Å². The summed E-state index contributed by atoms with van der Waals surface area (Å²) in [5, 5.41) is 11.2.